The number of nitrogens with zero attached hydrogens (tertiary/aromatic N) is 3. The minimum Gasteiger partial charge on any atom is -0.341 e. The van der Waals surface area contributed by atoms with Crippen molar-refractivity contribution >= 4 is 17.8 Å². The normalized spacial score (nSPS) is 17.9. The van der Waals surface area contributed by atoms with Crippen molar-refractivity contribution in [3.63, 3.8) is 0 Å². The molecule has 2 atom stereocenters. The van der Waals surface area contributed by atoms with Crippen molar-refractivity contribution in [2.45, 2.75) is 92.0 Å². The van der Waals surface area contributed by atoms with E-state index in [1.807, 2.05) is 71.0 Å². The number of benzene rings is 1. The number of β-lactam (4-membered cyclic amide) rings is 1. The van der Waals surface area contributed by atoms with E-state index >= 15 is 0 Å². The van der Waals surface area contributed by atoms with E-state index in [0.29, 0.717) is 25.9 Å². The van der Waals surface area contributed by atoms with Crippen LogP contribution in [0.2, 0.25) is 0 Å². The van der Waals surface area contributed by atoms with Crippen LogP contribution in [-0.4, -0.2) is 78.1 Å². The van der Waals surface area contributed by atoms with Gasteiger partial charge in [0.25, 0.3) is 5.91 Å². The molecule has 2 unspecified atom stereocenters. The molecular formula is C29H48N4O4. The summed E-state index contributed by atoms with van der Waals surface area (Å²) >= 11 is 0. The van der Waals surface area contributed by atoms with Crippen LogP contribution in [0.4, 0.5) is 4.79 Å². The van der Waals surface area contributed by atoms with Gasteiger partial charge in [0.1, 0.15) is 5.60 Å². The molecule has 8 heteroatoms. The first-order valence-electron chi connectivity index (χ1n) is 13.7. The van der Waals surface area contributed by atoms with E-state index in [4.69, 9.17) is 4.74 Å². The summed E-state index contributed by atoms with van der Waals surface area (Å²) in [4.78, 5) is 45.4. The molecule has 4 amide bonds. The Morgan fingerprint density at radius 2 is 1.68 bits per heavy atom. The Hall–Kier alpha value is -2.45. The number of urea groups is 1. The second kappa shape index (κ2) is 12.9. The van der Waals surface area contributed by atoms with Gasteiger partial charge in [-0.1, -0.05) is 57.0 Å². The van der Waals surface area contributed by atoms with Gasteiger partial charge >= 0.3 is 6.03 Å². The molecule has 1 aliphatic heterocycles. The third-order valence-corrected chi connectivity index (χ3v) is 7.59. The number of rotatable bonds is 13. The van der Waals surface area contributed by atoms with Crippen molar-refractivity contribution < 1.29 is 19.1 Å². The highest BCUT2D eigenvalue weighted by molar-refractivity contribution is 6.03. The molecule has 1 fully saturated rings. The topological polar surface area (TPSA) is 82.2 Å². The van der Waals surface area contributed by atoms with Gasteiger partial charge in [0.05, 0.1) is 11.5 Å². The third-order valence-electron chi connectivity index (χ3n) is 7.59. The largest absolute Gasteiger partial charge is 0.341 e. The average Bonchev–Trinajstić information content (AvgIpc) is 2.85. The summed E-state index contributed by atoms with van der Waals surface area (Å²) in [7, 11) is 3.94. The lowest BCUT2D eigenvalue weighted by Gasteiger charge is -2.55. The third kappa shape index (κ3) is 6.71. The van der Waals surface area contributed by atoms with E-state index in [2.05, 4.69) is 12.2 Å². The minimum atomic E-state index is -1.21. The quantitative estimate of drug-likeness (QED) is 0.384. The highest BCUT2D eigenvalue weighted by Crippen LogP contribution is 2.47. The van der Waals surface area contributed by atoms with Crippen molar-refractivity contribution in [1.29, 1.82) is 0 Å². The summed E-state index contributed by atoms with van der Waals surface area (Å²) in [6, 6.07) is 7.37. The maximum absolute atomic E-state index is 13.5. The van der Waals surface area contributed by atoms with Gasteiger partial charge in [-0.2, -0.15) is 0 Å². The number of carbonyl (C=O) groups excluding carboxylic acids is 3. The predicted molar refractivity (Wildman–Crippen MR) is 147 cm³/mol. The maximum Gasteiger partial charge on any atom is 0.326 e. The summed E-state index contributed by atoms with van der Waals surface area (Å²) in [5.74, 6) is -0.400. The van der Waals surface area contributed by atoms with E-state index in [-0.39, 0.29) is 17.9 Å². The van der Waals surface area contributed by atoms with E-state index in [0.717, 1.165) is 30.5 Å². The van der Waals surface area contributed by atoms with Gasteiger partial charge < -0.3 is 19.9 Å². The molecule has 8 nitrogen and oxygen atoms in total. The van der Waals surface area contributed by atoms with Crippen LogP contribution in [0, 0.1) is 12.3 Å². The fourth-order valence-electron chi connectivity index (χ4n) is 4.96. The number of hydrogen-bond donors (Lipinski definition) is 1. The molecule has 0 bridgehead atoms. The summed E-state index contributed by atoms with van der Waals surface area (Å²) < 4.78 is 6.43. The molecule has 0 spiro atoms. The maximum atomic E-state index is 13.5. The number of amides is 4. The van der Waals surface area contributed by atoms with Gasteiger partial charge in [0, 0.05) is 19.6 Å². The lowest BCUT2D eigenvalue weighted by molar-refractivity contribution is -0.238. The average molecular weight is 517 g/mol. The lowest BCUT2D eigenvalue weighted by atomic mass is 9.71. The van der Waals surface area contributed by atoms with Crippen molar-refractivity contribution in [3.05, 3.63) is 35.4 Å². The molecule has 0 saturated carbocycles. The van der Waals surface area contributed by atoms with Crippen LogP contribution in [0.3, 0.4) is 0 Å². The Morgan fingerprint density at radius 3 is 2.16 bits per heavy atom. The Morgan fingerprint density at radius 1 is 1.08 bits per heavy atom. The molecule has 2 rings (SSSR count). The van der Waals surface area contributed by atoms with Gasteiger partial charge in [0.2, 0.25) is 5.91 Å². The summed E-state index contributed by atoms with van der Waals surface area (Å²) in [5.41, 5.74) is 0.103. The van der Waals surface area contributed by atoms with Crippen LogP contribution >= 0.6 is 0 Å². The van der Waals surface area contributed by atoms with Crippen LogP contribution < -0.4 is 5.32 Å². The molecule has 0 radical (unpaired) electrons. The molecule has 37 heavy (non-hydrogen) atoms. The molecule has 0 aromatic heterocycles. The minimum absolute atomic E-state index is 0.152. The Kier molecular flexibility index (Phi) is 10.7. The molecule has 1 aromatic carbocycles. The van der Waals surface area contributed by atoms with Crippen LogP contribution in [0.25, 0.3) is 0 Å². The standard InChI is InChI=1S/C29H48N4O4/c1-10-14-23(22-17-15-21(5)16-18-22)30-27(36)33-25(35)29(11-2,12-3)26(33)37-28(6,7)24(34)32(13-4)20-19-31(8)9/h15-18,23,26H,10-14,19-20H2,1-9H3,(H,30,36). The van der Waals surface area contributed by atoms with Crippen molar-refractivity contribution in [2.75, 3.05) is 33.7 Å². The van der Waals surface area contributed by atoms with Crippen molar-refractivity contribution in [2.24, 2.45) is 5.41 Å². The van der Waals surface area contributed by atoms with E-state index in [9.17, 15) is 14.4 Å². The second-order valence-corrected chi connectivity index (χ2v) is 10.9. The Balaban J connectivity index is 2.30. The number of aryl methyl sites for hydroxylation is 1. The van der Waals surface area contributed by atoms with Gasteiger partial charge in [-0.05, 0) is 66.6 Å². The van der Waals surface area contributed by atoms with Crippen LogP contribution in [0.1, 0.15) is 84.4 Å². The monoisotopic (exact) mass is 516 g/mol. The van der Waals surface area contributed by atoms with Gasteiger partial charge in [-0.3, -0.25) is 9.59 Å². The number of likely N-dealkylation sites (N-methyl/N-ethyl adjacent to an activating group) is 2. The predicted octanol–water partition coefficient (Wildman–Crippen LogP) is 4.73. The summed E-state index contributed by atoms with van der Waals surface area (Å²) in [5, 5.41) is 3.07. The summed E-state index contributed by atoms with van der Waals surface area (Å²) in [6.45, 7) is 15.2. The first kappa shape index (κ1) is 30.8. The lowest BCUT2D eigenvalue weighted by Crippen LogP contribution is -2.74. The molecule has 1 aliphatic rings. The van der Waals surface area contributed by atoms with Crippen molar-refractivity contribution in [1.82, 2.24) is 20.0 Å². The first-order valence-corrected chi connectivity index (χ1v) is 13.7. The second-order valence-electron chi connectivity index (χ2n) is 10.9. The molecule has 1 heterocycles. The van der Waals surface area contributed by atoms with Crippen molar-refractivity contribution in [3.8, 4) is 0 Å². The van der Waals surface area contributed by atoms with Crippen LogP contribution in [0.15, 0.2) is 24.3 Å². The first-order chi connectivity index (χ1) is 17.4. The number of likely N-dealkylation sites (tertiary alicyclic amines) is 1. The molecule has 0 aliphatic carbocycles. The number of hydrogen-bond acceptors (Lipinski definition) is 5. The van der Waals surface area contributed by atoms with Gasteiger partial charge in [-0.15, -0.1) is 0 Å². The zero-order chi connectivity index (χ0) is 28.0. The number of nitrogens with one attached hydrogen (secondary N) is 1. The highest BCUT2D eigenvalue weighted by atomic mass is 16.5. The SMILES string of the molecule is CCCC(NC(=O)N1C(=O)C(CC)(CC)C1OC(C)(C)C(=O)N(CC)CCN(C)C)c1ccc(C)cc1. The zero-order valence-electron chi connectivity index (χ0n) is 24.4. The van der Waals surface area contributed by atoms with E-state index in [1.165, 1.54) is 4.90 Å². The van der Waals surface area contributed by atoms with Gasteiger partial charge in [-0.25, -0.2) is 9.69 Å². The Bertz CT molecular complexity index is 924. The molecular weight excluding hydrogens is 468 g/mol. The summed E-state index contributed by atoms with van der Waals surface area (Å²) in [6.07, 6.45) is 1.85. The fourth-order valence-corrected chi connectivity index (χ4v) is 4.96. The van der Waals surface area contributed by atoms with E-state index < -0.39 is 23.3 Å². The molecule has 208 valence electrons. The molecule has 1 N–H and O–H groups in total. The van der Waals surface area contributed by atoms with E-state index in [1.54, 1.807) is 18.7 Å². The highest BCUT2D eigenvalue weighted by Gasteiger charge is 2.63. The fraction of sp³-hybridized carbons (Fsp3) is 0.690. The Labute approximate surface area is 223 Å². The van der Waals surface area contributed by atoms with Crippen LogP contribution in [-0.2, 0) is 14.3 Å². The molecule has 1 aromatic rings. The molecule has 1 saturated heterocycles. The number of imide groups is 1. The number of ether oxygens (including phenoxy) is 1. The number of carbonyl (C=O) groups is 3. The smallest absolute Gasteiger partial charge is 0.326 e. The van der Waals surface area contributed by atoms with Gasteiger partial charge in [0.15, 0.2) is 6.23 Å². The zero-order valence-corrected chi connectivity index (χ0v) is 24.4. The van der Waals surface area contributed by atoms with Crippen LogP contribution in [0.5, 0.6) is 0 Å².